The van der Waals surface area contributed by atoms with Crippen LogP contribution < -0.4 is 4.90 Å². The van der Waals surface area contributed by atoms with Gasteiger partial charge in [0.2, 0.25) is 0 Å². The second-order valence-corrected chi connectivity index (χ2v) is 7.38. The second kappa shape index (κ2) is 6.79. The van der Waals surface area contributed by atoms with Gasteiger partial charge in [0.25, 0.3) is 10.1 Å². The van der Waals surface area contributed by atoms with Crippen LogP contribution >= 0.6 is 0 Å². The molecule has 1 unspecified atom stereocenters. The molecule has 1 fully saturated rings. The van der Waals surface area contributed by atoms with Crippen molar-refractivity contribution < 1.29 is 12.6 Å². The Morgan fingerprint density at radius 1 is 1.33 bits per heavy atom. The van der Waals surface area contributed by atoms with E-state index in [1.165, 1.54) is 6.42 Å². The van der Waals surface area contributed by atoms with Gasteiger partial charge >= 0.3 is 0 Å². The second-order valence-electron chi connectivity index (χ2n) is 5.76. The van der Waals surface area contributed by atoms with Crippen LogP contribution in [-0.4, -0.2) is 27.6 Å². The van der Waals surface area contributed by atoms with Crippen LogP contribution in [0.5, 0.6) is 0 Å². The van der Waals surface area contributed by atoms with Gasteiger partial charge in [0.05, 0.1) is 11.5 Å². The zero-order valence-electron chi connectivity index (χ0n) is 13.1. The lowest BCUT2D eigenvalue weighted by Gasteiger charge is -2.36. The lowest BCUT2D eigenvalue weighted by Crippen LogP contribution is -2.37. The minimum absolute atomic E-state index is 0.228. The molecule has 1 aromatic rings. The first-order valence-electron chi connectivity index (χ1n) is 7.72. The summed E-state index contributed by atoms with van der Waals surface area (Å²) >= 11 is 0. The quantitative estimate of drug-likeness (QED) is 0.781. The molecule has 4 nitrogen and oxygen atoms in total. The van der Waals surface area contributed by atoms with Crippen molar-refractivity contribution in [2.75, 3.05) is 18.1 Å². The van der Waals surface area contributed by atoms with Crippen molar-refractivity contribution in [3.8, 4) is 0 Å². The summed E-state index contributed by atoms with van der Waals surface area (Å²) in [7, 11) is -3.64. The van der Waals surface area contributed by atoms with E-state index in [0.29, 0.717) is 12.5 Å². The Morgan fingerprint density at radius 2 is 2.10 bits per heavy atom. The Balaban J connectivity index is 2.33. The number of hydrogen-bond acceptors (Lipinski definition) is 4. The van der Waals surface area contributed by atoms with Crippen LogP contribution in [0.1, 0.15) is 45.1 Å². The third kappa shape index (κ3) is 3.77. The van der Waals surface area contributed by atoms with Gasteiger partial charge in [-0.25, -0.2) is 0 Å². The van der Waals surface area contributed by atoms with Crippen LogP contribution in [-0.2, 0) is 14.3 Å². The van der Waals surface area contributed by atoms with Crippen molar-refractivity contribution in [3.05, 3.63) is 23.8 Å². The van der Waals surface area contributed by atoms with Crippen molar-refractivity contribution in [2.45, 2.75) is 57.4 Å². The van der Waals surface area contributed by atoms with Crippen molar-refractivity contribution in [1.82, 2.24) is 0 Å². The molecule has 1 saturated heterocycles. The zero-order chi connectivity index (χ0) is 15.5. The summed E-state index contributed by atoms with van der Waals surface area (Å²) in [5.74, 6) is 0. The number of piperidine rings is 1. The van der Waals surface area contributed by atoms with Crippen LogP contribution in [0, 0.1) is 6.92 Å². The number of aryl methyl sites for hydroxylation is 1. The molecule has 0 radical (unpaired) electrons. The highest BCUT2D eigenvalue weighted by atomic mass is 32.2. The Morgan fingerprint density at radius 3 is 2.76 bits per heavy atom. The topological polar surface area (TPSA) is 46.6 Å². The third-order valence-electron chi connectivity index (χ3n) is 4.02. The van der Waals surface area contributed by atoms with Crippen molar-refractivity contribution >= 4 is 15.8 Å². The summed E-state index contributed by atoms with van der Waals surface area (Å²) in [6, 6.07) is 5.73. The zero-order valence-corrected chi connectivity index (χ0v) is 13.9. The highest BCUT2D eigenvalue weighted by molar-refractivity contribution is 7.86. The molecule has 0 spiro atoms. The van der Waals surface area contributed by atoms with E-state index in [-0.39, 0.29) is 11.5 Å². The molecular weight excluding hydrogens is 286 g/mol. The standard InChI is InChI=1S/C16H25NO3S/c1-4-11-20-21(18,19)15-9-8-13(2)16(12-15)17-10-6-5-7-14(17)3/h8-9,12,14H,4-7,10-11H2,1-3H3. The molecule has 0 aromatic heterocycles. The van der Waals surface area contributed by atoms with E-state index in [0.717, 1.165) is 30.6 Å². The molecule has 0 amide bonds. The fraction of sp³-hybridized carbons (Fsp3) is 0.625. The average Bonchev–Trinajstić information content (AvgIpc) is 2.46. The van der Waals surface area contributed by atoms with Gasteiger partial charge < -0.3 is 4.90 Å². The fourth-order valence-electron chi connectivity index (χ4n) is 2.77. The average molecular weight is 311 g/mol. The molecule has 0 aliphatic carbocycles. The fourth-order valence-corrected chi connectivity index (χ4v) is 3.78. The van der Waals surface area contributed by atoms with Crippen LogP contribution in [0.2, 0.25) is 0 Å². The minimum Gasteiger partial charge on any atom is -0.369 e. The molecule has 0 saturated carbocycles. The van der Waals surface area contributed by atoms with Crippen LogP contribution in [0.25, 0.3) is 0 Å². The SMILES string of the molecule is CCCOS(=O)(=O)c1ccc(C)c(N2CCCCC2C)c1. The molecule has 0 bridgehead atoms. The summed E-state index contributed by atoms with van der Waals surface area (Å²) in [5.41, 5.74) is 2.13. The highest BCUT2D eigenvalue weighted by Gasteiger charge is 2.23. The molecule has 2 rings (SSSR count). The maximum atomic E-state index is 12.2. The summed E-state index contributed by atoms with van der Waals surface area (Å²) in [6.07, 6.45) is 4.24. The normalized spacial score (nSPS) is 19.8. The molecule has 1 atom stereocenters. The van der Waals surface area contributed by atoms with Crippen LogP contribution in [0.4, 0.5) is 5.69 Å². The lowest BCUT2D eigenvalue weighted by atomic mass is 10.0. The van der Waals surface area contributed by atoms with E-state index in [4.69, 9.17) is 4.18 Å². The van der Waals surface area contributed by atoms with Crippen molar-refractivity contribution in [1.29, 1.82) is 0 Å². The Hall–Kier alpha value is -1.07. The van der Waals surface area contributed by atoms with Gasteiger partial charge in [-0.1, -0.05) is 13.0 Å². The first kappa shape index (κ1) is 16.3. The van der Waals surface area contributed by atoms with Gasteiger partial charge in [0.1, 0.15) is 0 Å². The van der Waals surface area contributed by atoms with E-state index < -0.39 is 10.1 Å². The summed E-state index contributed by atoms with van der Waals surface area (Å²) in [6.45, 7) is 7.34. The monoisotopic (exact) mass is 311 g/mol. The van der Waals surface area contributed by atoms with E-state index in [1.807, 2.05) is 19.9 Å². The Bertz CT molecular complexity index is 583. The molecule has 1 aliphatic heterocycles. The molecule has 118 valence electrons. The first-order chi connectivity index (χ1) is 9.95. The first-order valence-corrected chi connectivity index (χ1v) is 9.13. The maximum absolute atomic E-state index is 12.2. The molecule has 0 N–H and O–H groups in total. The van der Waals surface area contributed by atoms with Gasteiger partial charge in [0, 0.05) is 18.3 Å². The van der Waals surface area contributed by atoms with Gasteiger partial charge in [0.15, 0.2) is 0 Å². The predicted molar refractivity (Wildman–Crippen MR) is 85.3 cm³/mol. The van der Waals surface area contributed by atoms with Crippen LogP contribution in [0.3, 0.4) is 0 Å². The van der Waals surface area contributed by atoms with E-state index >= 15 is 0 Å². The van der Waals surface area contributed by atoms with Gasteiger partial charge in [-0.15, -0.1) is 0 Å². The molecule has 5 heteroatoms. The number of nitrogens with zero attached hydrogens (tertiary/aromatic N) is 1. The van der Waals surface area contributed by atoms with Crippen molar-refractivity contribution in [3.63, 3.8) is 0 Å². The minimum atomic E-state index is -3.64. The third-order valence-corrected chi connectivity index (χ3v) is 5.33. The molecule has 21 heavy (non-hydrogen) atoms. The summed E-state index contributed by atoms with van der Waals surface area (Å²) < 4.78 is 29.4. The molecule has 1 aromatic carbocycles. The van der Waals surface area contributed by atoms with Crippen molar-refractivity contribution in [2.24, 2.45) is 0 Å². The molecular formula is C16H25NO3S. The maximum Gasteiger partial charge on any atom is 0.297 e. The summed E-state index contributed by atoms with van der Waals surface area (Å²) in [4.78, 5) is 2.58. The van der Waals surface area contributed by atoms with E-state index in [2.05, 4.69) is 11.8 Å². The van der Waals surface area contributed by atoms with Gasteiger partial charge in [-0.05, 0) is 57.2 Å². The number of hydrogen-bond donors (Lipinski definition) is 0. The van der Waals surface area contributed by atoms with Gasteiger partial charge in [-0.3, -0.25) is 4.18 Å². The molecule has 1 aliphatic rings. The smallest absolute Gasteiger partial charge is 0.297 e. The number of anilines is 1. The van der Waals surface area contributed by atoms with Crippen LogP contribution in [0.15, 0.2) is 23.1 Å². The van der Waals surface area contributed by atoms with E-state index in [9.17, 15) is 8.42 Å². The lowest BCUT2D eigenvalue weighted by molar-refractivity contribution is 0.318. The largest absolute Gasteiger partial charge is 0.369 e. The van der Waals surface area contributed by atoms with Gasteiger partial charge in [-0.2, -0.15) is 8.42 Å². The Labute approximate surface area is 128 Å². The summed E-state index contributed by atoms with van der Waals surface area (Å²) in [5, 5.41) is 0. The van der Waals surface area contributed by atoms with E-state index in [1.54, 1.807) is 12.1 Å². The predicted octanol–water partition coefficient (Wildman–Crippen LogP) is 3.49. The number of rotatable bonds is 5. The number of benzene rings is 1. The highest BCUT2D eigenvalue weighted by Crippen LogP contribution is 2.30. The Kier molecular flexibility index (Phi) is 5.27. The molecule has 1 heterocycles.